The van der Waals surface area contributed by atoms with E-state index in [1.54, 1.807) is 6.07 Å². The van der Waals surface area contributed by atoms with Crippen LogP contribution < -0.4 is 10.5 Å². The molecule has 0 saturated carbocycles. The van der Waals surface area contributed by atoms with Crippen molar-refractivity contribution in [1.29, 1.82) is 0 Å². The summed E-state index contributed by atoms with van der Waals surface area (Å²) in [5.41, 5.74) is 6.50. The predicted molar refractivity (Wildman–Crippen MR) is 124 cm³/mol. The highest BCUT2D eigenvalue weighted by Crippen LogP contribution is 2.38. The van der Waals surface area contributed by atoms with Gasteiger partial charge in [0, 0.05) is 12.2 Å². The highest BCUT2D eigenvalue weighted by molar-refractivity contribution is 7.91. The second-order valence-corrected chi connectivity index (χ2v) is 11.0. The molecule has 0 radical (unpaired) electrons. The molecular formula is C24H29FN4O2S. The smallest absolute Gasteiger partial charge is 0.306 e. The van der Waals surface area contributed by atoms with Gasteiger partial charge in [-0.2, -0.15) is 0 Å². The third kappa shape index (κ3) is 3.95. The molecule has 2 amide bonds. The molecule has 32 heavy (non-hydrogen) atoms. The van der Waals surface area contributed by atoms with E-state index in [1.807, 2.05) is 7.05 Å². The van der Waals surface area contributed by atoms with E-state index in [0.29, 0.717) is 0 Å². The molecule has 1 saturated heterocycles. The Morgan fingerprint density at radius 2 is 1.84 bits per heavy atom. The van der Waals surface area contributed by atoms with Crippen LogP contribution in [0.5, 0.6) is 0 Å². The number of halogens is 1. The second kappa shape index (κ2) is 8.24. The fourth-order valence-corrected chi connectivity index (χ4v) is 6.48. The number of likely N-dealkylation sites (N-methyl/N-ethyl adjacent to an activating group) is 1. The number of fused-ring (bicyclic) bond motifs is 2. The van der Waals surface area contributed by atoms with Gasteiger partial charge in [0.25, 0.3) is 0 Å². The molecule has 6 nitrogen and oxygen atoms in total. The quantitative estimate of drug-likeness (QED) is 0.727. The van der Waals surface area contributed by atoms with Gasteiger partial charge in [-0.1, -0.05) is 12.1 Å². The lowest BCUT2D eigenvalue weighted by Crippen LogP contribution is -2.20. The van der Waals surface area contributed by atoms with Crippen molar-refractivity contribution in [3.05, 3.63) is 57.9 Å². The highest BCUT2D eigenvalue weighted by atomic mass is 32.2. The topological polar surface area (TPSA) is 87.8 Å². The summed E-state index contributed by atoms with van der Waals surface area (Å²) in [5, 5.41) is 8.75. The van der Waals surface area contributed by atoms with Gasteiger partial charge >= 0.3 is 6.03 Å². The minimum atomic E-state index is -3.71. The molecule has 0 aromatic heterocycles. The Balaban J connectivity index is 1.42. The van der Waals surface area contributed by atoms with Crippen LogP contribution in [0, 0.1) is 5.82 Å². The summed E-state index contributed by atoms with van der Waals surface area (Å²) in [5.74, 6) is -0.442. The zero-order valence-electron chi connectivity index (χ0n) is 18.3. The molecule has 1 heterocycles. The zero-order valence-corrected chi connectivity index (χ0v) is 19.1. The first-order valence-corrected chi connectivity index (χ1v) is 12.9. The largest absolute Gasteiger partial charge is 0.354 e. The van der Waals surface area contributed by atoms with Crippen LogP contribution in [-0.4, -0.2) is 35.3 Å². The van der Waals surface area contributed by atoms with Crippen molar-refractivity contribution in [3.8, 4) is 0 Å². The van der Waals surface area contributed by atoms with Crippen LogP contribution in [0.15, 0.2) is 33.5 Å². The van der Waals surface area contributed by atoms with E-state index in [9.17, 15) is 13.4 Å². The fraction of sp³-hybridized carbons (Fsp3) is 0.458. The normalized spacial score (nSPS) is 21.8. The maximum absolute atomic E-state index is 14.9. The number of benzene rings is 2. The molecule has 1 fully saturated rings. The van der Waals surface area contributed by atoms with E-state index in [1.165, 1.54) is 23.3 Å². The van der Waals surface area contributed by atoms with Crippen LogP contribution in [-0.2, 0) is 35.6 Å². The lowest BCUT2D eigenvalue weighted by molar-refractivity contribution is 0.260. The highest BCUT2D eigenvalue weighted by Gasteiger charge is 2.26. The zero-order chi connectivity index (χ0) is 22.5. The maximum atomic E-state index is 14.9. The fourth-order valence-electron chi connectivity index (χ4n) is 5.48. The summed E-state index contributed by atoms with van der Waals surface area (Å²) in [7, 11) is -1.68. The van der Waals surface area contributed by atoms with Crippen molar-refractivity contribution in [2.45, 2.75) is 55.8 Å². The molecule has 2 aliphatic carbocycles. The van der Waals surface area contributed by atoms with Crippen molar-refractivity contribution >= 4 is 21.6 Å². The number of likely N-dealkylation sites (tertiary alicyclic amines) is 1. The number of hydrogen-bond acceptors (Lipinski definition) is 3. The molecule has 3 N–H and O–H groups in total. The first-order valence-electron chi connectivity index (χ1n) is 11.3. The third-order valence-electron chi connectivity index (χ3n) is 7.06. The number of anilines is 1. The first kappa shape index (κ1) is 21.6. The van der Waals surface area contributed by atoms with Crippen molar-refractivity contribution in [3.63, 3.8) is 0 Å². The van der Waals surface area contributed by atoms with E-state index in [0.717, 1.165) is 80.4 Å². The lowest BCUT2D eigenvalue weighted by atomic mass is 9.98. The van der Waals surface area contributed by atoms with Crippen molar-refractivity contribution < 1.29 is 13.4 Å². The Morgan fingerprint density at radius 1 is 1.16 bits per heavy atom. The molecule has 1 aliphatic heterocycles. The number of carbonyl (C=O) groups is 1. The molecule has 2 aromatic rings. The van der Waals surface area contributed by atoms with Gasteiger partial charge in [0.05, 0.1) is 4.90 Å². The Hall–Kier alpha value is -2.29. The number of nitrogens with zero attached hydrogens (tertiary/aromatic N) is 2. The van der Waals surface area contributed by atoms with E-state index in [-0.39, 0.29) is 10.8 Å². The van der Waals surface area contributed by atoms with Crippen molar-refractivity contribution in [2.75, 3.05) is 25.5 Å². The summed E-state index contributed by atoms with van der Waals surface area (Å²) in [6.07, 6.45) is 6.88. The van der Waals surface area contributed by atoms with Crippen molar-refractivity contribution in [1.82, 2.24) is 4.90 Å². The average Bonchev–Trinajstić information content (AvgIpc) is 3.47. The van der Waals surface area contributed by atoms with Gasteiger partial charge in [-0.25, -0.2) is 18.5 Å². The van der Waals surface area contributed by atoms with Gasteiger partial charge in [-0.3, -0.25) is 0 Å². The van der Waals surface area contributed by atoms with E-state index < -0.39 is 21.8 Å². The number of hydrogen-bond donors (Lipinski definition) is 2. The summed E-state index contributed by atoms with van der Waals surface area (Å²) < 4.78 is 31.7. The molecule has 3 aliphatic rings. The molecule has 5 rings (SSSR count). The summed E-state index contributed by atoms with van der Waals surface area (Å²) in [6.45, 7) is 1.82. The number of nitrogens with two attached hydrogens (primary N) is 1. The monoisotopic (exact) mass is 456 g/mol. The molecule has 2 atom stereocenters. The first-order chi connectivity index (χ1) is 15.3. The minimum absolute atomic E-state index is 0.230. The SMILES string of the molecule is CN1CCC(c2ccc(S(N)(=O)=NC(=O)Nc3c4c(cc5c3CCC5)CCC4)c(F)c2)C1. The molecule has 2 aromatic carbocycles. The summed E-state index contributed by atoms with van der Waals surface area (Å²) >= 11 is 0. The summed E-state index contributed by atoms with van der Waals surface area (Å²) in [6, 6.07) is 6.03. The van der Waals surface area contributed by atoms with Gasteiger partial charge in [0.15, 0.2) is 0 Å². The Labute approximate surface area is 188 Å². The van der Waals surface area contributed by atoms with Crippen LogP contribution in [0.2, 0.25) is 0 Å². The van der Waals surface area contributed by atoms with Gasteiger partial charge < -0.3 is 10.2 Å². The van der Waals surface area contributed by atoms with Gasteiger partial charge in [0.2, 0.25) is 0 Å². The number of rotatable bonds is 3. The van der Waals surface area contributed by atoms with E-state index >= 15 is 0 Å². The van der Waals surface area contributed by atoms with Gasteiger partial charge in [-0.05, 0) is 104 Å². The Bertz CT molecular complexity index is 1190. The molecule has 2 unspecified atom stereocenters. The number of aryl methyl sites for hydroxylation is 2. The van der Waals surface area contributed by atoms with E-state index in [2.05, 4.69) is 20.6 Å². The number of carbonyl (C=O) groups excluding carboxylic acids is 1. The molecule has 0 bridgehead atoms. The number of urea groups is 1. The predicted octanol–water partition coefficient (Wildman–Crippen LogP) is 4.15. The summed E-state index contributed by atoms with van der Waals surface area (Å²) in [4.78, 5) is 14.7. The third-order valence-corrected chi connectivity index (χ3v) is 8.46. The van der Waals surface area contributed by atoms with Crippen LogP contribution in [0.1, 0.15) is 53.0 Å². The van der Waals surface area contributed by atoms with Crippen molar-refractivity contribution in [2.24, 2.45) is 9.50 Å². The van der Waals surface area contributed by atoms with Crippen LogP contribution in [0.25, 0.3) is 0 Å². The Morgan fingerprint density at radius 3 is 2.44 bits per heavy atom. The average molecular weight is 457 g/mol. The minimum Gasteiger partial charge on any atom is -0.306 e. The van der Waals surface area contributed by atoms with Crippen LogP contribution >= 0.6 is 0 Å². The second-order valence-electron chi connectivity index (χ2n) is 9.26. The number of amides is 2. The maximum Gasteiger partial charge on any atom is 0.354 e. The molecule has 0 spiro atoms. The van der Waals surface area contributed by atoms with Crippen LogP contribution in [0.4, 0.5) is 14.9 Å². The molecule has 170 valence electrons. The molecule has 8 heteroatoms. The standard InChI is InChI=1S/C24H29FN4O2S/c1-29-11-10-18(14-29)15-8-9-22(21(25)13-15)32(26,31)28-24(30)27-23-19-6-2-4-16(19)12-17-5-3-7-20(17)23/h8-9,12-13,18H,2-7,10-11,14H2,1H3,(H3,26,27,28,30,31). The van der Waals surface area contributed by atoms with Crippen LogP contribution in [0.3, 0.4) is 0 Å². The van der Waals surface area contributed by atoms with Gasteiger partial charge in [-0.15, -0.1) is 4.36 Å². The lowest BCUT2D eigenvalue weighted by Gasteiger charge is -2.15. The van der Waals surface area contributed by atoms with E-state index in [4.69, 9.17) is 5.14 Å². The Kier molecular flexibility index (Phi) is 5.55. The molecular weight excluding hydrogens is 427 g/mol. The van der Waals surface area contributed by atoms with Gasteiger partial charge in [0.1, 0.15) is 15.7 Å². The number of nitrogens with one attached hydrogen (secondary N) is 1.